The minimum absolute atomic E-state index is 0. The van der Waals surface area contributed by atoms with Crippen molar-refractivity contribution in [2.75, 3.05) is 0 Å². The molecule has 0 nitrogen and oxygen atoms in total. The number of hydrogen-bond acceptors (Lipinski definition) is 0. The third-order valence-electron chi connectivity index (χ3n) is 4.29. The predicted molar refractivity (Wildman–Crippen MR) is 108 cm³/mol. The first kappa shape index (κ1) is 28.9. The number of rotatable bonds is 2. The molecule has 27 heavy (non-hydrogen) atoms. The molecule has 0 aliphatic heterocycles. The van der Waals surface area contributed by atoms with E-state index in [0.29, 0.717) is 18.7 Å². The summed E-state index contributed by atoms with van der Waals surface area (Å²) in [6.07, 6.45) is 11.0. The summed E-state index contributed by atoms with van der Waals surface area (Å²) in [7, 11) is 0. The Bertz CT molecular complexity index is 670. The maximum absolute atomic E-state index is 3.29. The summed E-state index contributed by atoms with van der Waals surface area (Å²) >= 11 is 2.28. The molecular formula is C23H30Cl2SiTi-2. The van der Waals surface area contributed by atoms with Gasteiger partial charge < -0.3 is 24.8 Å². The molecule has 0 amide bonds. The van der Waals surface area contributed by atoms with E-state index in [2.05, 4.69) is 115 Å². The quantitative estimate of drug-likeness (QED) is 0.429. The second-order valence-corrected chi connectivity index (χ2v) is 9.47. The Hall–Kier alpha value is -0.309. The Morgan fingerprint density at radius 2 is 1.56 bits per heavy atom. The second-order valence-electron chi connectivity index (χ2n) is 6.74. The average Bonchev–Trinajstić information content (AvgIpc) is 3.01. The summed E-state index contributed by atoms with van der Waals surface area (Å²) in [4.78, 5) is 0. The normalized spacial score (nSPS) is 19.4. The van der Waals surface area contributed by atoms with E-state index in [1.54, 1.807) is 0 Å². The maximum atomic E-state index is 3.29. The van der Waals surface area contributed by atoms with Crippen molar-refractivity contribution in [2.45, 2.75) is 47.6 Å². The molecule has 0 radical (unpaired) electrons. The molecule has 2 aliphatic carbocycles. The number of halogens is 2. The van der Waals surface area contributed by atoms with Crippen molar-refractivity contribution in [1.82, 2.24) is 0 Å². The van der Waals surface area contributed by atoms with E-state index < -0.39 is 0 Å². The molecule has 0 saturated heterocycles. The molecule has 3 rings (SSSR count). The van der Waals surface area contributed by atoms with Crippen molar-refractivity contribution >= 4 is 6.91 Å². The molecule has 0 bridgehead atoms. The number of benzene rings is 1. The van der Waals surface area contributed by atoms with Crippen LogP contribution in [0.4, 0.5) is 0 Å². The van der Waals surface area contributed by atoms with Gasteiger partial charge in [-0.05, 0) is 0 Å². The molecule has 4 heteroatoms. The van der Waals surface area contributed by atoms with Crippen LogP contribution < -0.4 is 24.8 Å². The summed E-state index contributed by atoms with van der Waals surface area (Å²) in [5, 5.41) is 0. The molecule has 2 unspecified atom stereocenters. The van der Waals surface area contributed by atoms with Crippen LogP contribution in [-0.2, 0) is 25.2 Å². The molecule has 1 aromatic carbocycles. The van der Waals surface area contributed by atoms with Crippen LogP contribution in [0.3, 0.4) is 0 Å². The van der Waals surface area contributed by atoms with Crippen LogP contribution in [-0.4, -0.2) is 6.91 Å². The third kappa shape index (κ3) is 12.0. The zero-order chi connectivity index (χ0) is 18.8. The van der Waals surface area contributed by atoms with E-state index in [1.807, 2.05) is 0 Å². The fourth-order valence-electron chi connectivity index (χ4n) is 2.69. The molecule has 146 valence electrons. The van der Waals surface area contributed by atoms with Gasteiger partial charge in [0, 0.05) is 0 Å². The van der Waals surface area contributed by atoms with Gasteiger partial charge in [0.15, 0.2) is 0 Å². The van der Waals surface area contributed by atoms with E-state index in [4.69, 9.17) is 0 Å². The molecule has 0 spiro atoms. The van der Waals surface area contributed by atoms with Gasteiger partial charge in [-0.1, -0.05) is 46.5 Å². The van der Waals surface area contributed by atoms with Gasteiger partial charge in [0.1, 0.15) is 0 Å². The molecule has 0 saturated carbocycles. The van der Waals surface area contributed by atoms with E-state index in [-0.39, 0.29) is 24.8 Å². The Morgan fingerprint density at radius 1 is 0.963 bits per heavy atom. The van der Waals surface area contributed by atoms with Crippen molar-refractivity contribution in [3.63, 3.8) is 0 Å². The van der Waals surface area contributed by atoms with Crippen LogP contribution >= 0.6 is 0 Å². The second kappa shape index (κ2) is 15.6. The van der Waals surface area contributed by atoms with Gasteiger partial charge >= 0.3 is 68.0 Å². The van der Waals surface area contributed by atoms with Gasteiger partial charge in [-0.15, -0.1) is 6.92 Å². The first-order chi connectivity index (χ1) is 11.8. The van der Waals surface area contributed by atoms with Crippen molar-refractivity contribution in [3.8, 4) is 0 Å². The van der Waals surface area contributed by atoms with E-state index in [0.717, 1.165) is 0 Å². The van der Waals surface area contributed by atoms with Crippen LogP contribution in [0, 0.1) is 24.0 Å². The van der Waals surface area contributed by atoms with Crippen LogP contribution in [0.15, 0.2) is 64.8 Å². The first-order valence-electron chi connectivity index (χ1n) is 8.93. The number of hydrogen-bond donors (Lipinski definition) is 0. The van der Waals surface area contributed by atoms with Crippen LogP contribution in [0.1, 0.15) is 47.1 Å². The standard InChI is InChI=1S/2C8H11.C7H8Si.2ClH.Ti/c2*1-6-4-7(2)8(3)5-6;8-6-7-4-2-1-3-5-7;;;/h4,8H,1-3H3;4,6H,1-3H3;1-5,8H,6H2;2*1H;/q2*-1;;;;+2/p-2. The summed E-state index contributed by atoms with van der Waals surface area (Å²) < 4.78 is 0. The van der Waals surface area contributed by atoms with Gasteiger partial charge in [0.25, 0.3) is 0 Å². The summed E-state index contributed by atoms with van der Waals surface area (Å²) in [6, 6.07) is 11.9. The van der Waals surface area contributed by atoms with Crippen molar-refractivity contribution in [2.24, 2.45) is 11.8 Å². The zero-order valence-electron chi connectivity index (χ0n) is 17.2. The molecule has 0 aromatic heterocycles. The monoisotopic (exact) mass is 452 g/mol. The summed E-state index contributed by atoms with van der Waals surface area (Å²) in [5.41, 5.74) is 6.91. The van der Waals surface area contributed by atoms with Crippen molar-refractivity contribution < 1.29 is 44.0 Å². The van der Waals surface area contributed by atoms with Crippen LogP contribution in [0.2, 0.25) is 0 Å². The molecule has 2 atom stereocenters. The molecule has 2 aliphatic rings. The Kier molecular flexibility index (Phi) is 16.7. The first-order valence-corrected chi connectivity index (χ1v) is 13.0. The minimum atomic E-state index is 0. The van der Waals surface area contributed by atoms with Crippen molar-refractivity contribution in [1.29, 1.82) is 0 Å². The summed E-state index contributed by atoms with van der Waals surface area (Å²) in [5.74, 6) is 1.12. The Morgan fingerprint density at radius 3 is 1.81 bits per heavy atom. The van der Waals surface area contributed by atoms with Gasteiger partial charge in [-0.3, -0.25) is 12.2 Å². The van der Waals surface area contributed by atoms with Gasteiger partial charge in [-0.25, -0.2) is 22.8 Å². The molecular weight excluding hydrogens is 423 g/mol. The van der Waals surface area contributed by atoms with E-state index in [9.17, 15) is 0 Å². The molecule has 0 N–H and O–H groups in total. The predicted octanol–water partition coefficient (Wildman–Crippen LogP) is -0.243. The Labute approximate surface area is 191 Å². The fraction of sp³-hybridized carbons (Fsp3) is 0.391. The molecule has 1 aromatic rings. The fourth-order valence-corrected chi connectivity index (χ4v) is 4.30. The van der Waals surface area contributed by atoms with Gasteiger partial charge in [-0.2, -0.15) is 11.6 Å². The van der Waals surface area contributed by atoms with E-state index >= 15 is 0 Å². The zero-order valence-corrected chi connectivity index (χ0v) is 21.5. The average molecular weight is 453 g/mol. The van der Waals surface area contributed by atoms with Gasteiger partial charge in [0.2, 0.25) is 0 Å². The molecule has 0 heterocycles. The van der Waals surface area contributed by atoms with E-state index in [1.165, 1.54) is 33.9 Å². The number of allylic oxidation sites excluding steroid dienone is 8. The SMILES string of the molecule is CC1=[C-]C(C)C(C)=C1.CC1=[C-]C(C)C=C1C.[Cl-].[Cl-].[Ti+2]=[SiH]Cc1ccccc1. The van der Waals surface area contributed by atoms with Gasteiger partial charge in [0.05, 0.1) is 0 Å². The topological polar surface area (TPSA) is 0 Å². The van der Waals surface area contributed by atoms with Crippen LogP contribution in [0.25, 0.3) is 0 Å². The third-order valence-corrected chi connectivity index (χ3v) is 5.92. The Balaban J connectivity index is 0. The van der Waals surface area contributed by atoms with Crippen LogP contribution in [0.5, 0.6) is 0 Å². The molecule has 0 fully saturated rings. The van der Waals surface area contributed by atoms with Crippen molar-refractivity contribution in [3.05, 3.63) is 82.5 Å². The summed E-state index contributed by atoms with van der Waals surface area (Å²) in [6.45, 7) is 13.4.